The van der Waals surface area contributed by atoms with Crippen LogP contribution < -0.4 is 0 Å². The normalized spacial score (nSPS) is 29.8. The highest BCUT2D eigenvalue weighted by molar-refractivity contribution is 6.05. The number of aliphatic carboxylic acids is 1. The number of amides is 1. The molecule has 0 unspecified atom stereocenters. The molecule has 0 radical (unpaired) electrons. The molecule has 2 fully saturated rings. The molecule has 0 spiro atoms. The topological polar surface area (TPSA) is 74.7 Å². The molecule has 0 aromatic rings. The zero-order chi connectivity index (χ0) is 12.4. The average molecular weight is 239 g/mol. The summed E-state index contributed by atoms with van der Waals surface area (Å²) in [5, 5.41) is 8.88. The highest BCUT2D eigenvalue weighted by Gasteiger charge is 2.32. The molecule has 1 saturated heterocycles. The molecule has 0 aromatic heterocycles. The van der Waals surface area contributed by atoms with Crippen molar-refractivity contribution >= 4 is 17.7 Å². The van der Waals surface area contributed by atoms with Gasteiger partial charge in [0.2, 0.25) is 5.91 Å². The Kier molecular flexibility index (Phi) is 3.45. The van der Waals surface area contributed by atoms with Crippen molar-refractivity contribution in [3.63, 3.8) is 0 Å². The van der Waals surface area contributed by atoms with Crippen LogP contribution in [0.3, 0.4) is 0 Å². The Balaban J connectivity index is 1.80. The SMILES string of the molecule is O=C1CC(=O)N(CC2CCC(C(=O)O)CC2)C1. The summed E-state index contributed by atoms with van der Waals surface area (Å²) in [4.78, 5) is 35.0. The molecule has 1 N–H and O–H groups in total. The third-order valence-corrected chi connectivity index (χ3v) is 3.74. The van der Waals surface area contributed by atoms with Crippen LogP contribution in [0.2, 0.25) is 0 Å². The van der Waals surface area contributed by atoms with Gasteiger partial charge in [-0.05, 0) is 31.6 Å². The minimum atomic E-state index is -0.712. The third kappa shape index (κ3) is 2.84. The van der Waals surface area contributed by atoms with E-state index in [4.69, 9.17) is 5.11 Å². The molecular weight excluding hydrogens is 222 g/mol. The maximum absolute atomic E-state index is 11.4. The molecule has 0 bridgehead atoms. The minimum Gasteiger partial charge on any atom is -0.481 e. The van der Waals surface area contributed by atoms with Crippen LogP contribution in [0.1, 0.15) is 32.1 Å². The molecule has 1 aliphatic carbocycles. The summed E-state index contributed by atoms with van der Waals surface area (Å²) < 4.78 is 0. The number of carbonyl (C=O) groups is 3. The van der Waals surface area contributed by atoms with E-state index in [9.17, 15) is 14.4 Å². The first kappa shape index (κ1) is 12.1. The molecule has 1 amide bonds. The summed E-state index contributed by atoms with van der Waals surface area (Å²) in [5.41, 5.74) is 0. The molecule has 1 aliphatic heterocycles. The van der Waals surface area contributed by atoms with Crippen molar-refractivity contribution in [1.29, 1.82) is 0 Å². The number of rotatable bonds is 3. The van der Waals surface area contributed by atoms with E-state index in [0.29, 0.717) is 25.3 Å². The highest BCUT2D eigenvalue weighted by Crippen LogP contribution is 2.30. The lowest BCUT2D eigenvalue weighted by Crippen LogP contribution is -2.33. The first-order valence-electron chi connectivity index (χ1n) is 6.08. The maximum atomic E-state index is 11.4. The van der Waals surface area contributed by atoms with Crippen LogP contribution in [0.5, 0.6) is 0 Å². The van der Waals surface area contributed by atoms with Gasteiger partial charge in [-0.3, -0.25) is 14.4 Å². The number of nitrogens with zero attached hydrogens (tertiary/aromatic N) is 1. The van der Waals surface area contributed by atoms with Gasteiger partial charge in [0.25, 0.3) is 0 Å². The van der Waals surface area contributed by atoms with Crippen molar-refractivity contribution in [3.05, 3.63) is 0 Å². The molecule has 0 aromatic carbocycles. The van der Waals surface area contributed by atoms with Crippen molar-refractivity contribution in [3.8, 4) is 0 Å². The van der Waals surface area contributed by atoms with Crippen LogP contribution in [0.25, 0.3) is 0 Å². The second-order valence-electron chi connectivity index (χ2n) is 5.05. The summed E-state index contributed by atoms with van der Waals surface area (Å²) in [6.07, 6.45) is 3.11. The van der Waals surface area contributed by atoms with Crippen molar-refractivity contribution < 1.29 is 19.5 Å². The van der Waals surface area contributed by atoms with E-state index in [1.807, 2.05) is 0 Å². The van der Waals surface area contributed by atoms with E-state index in [0.717, 1.165) is 12.8 Å². The van der Waals surface area contributed by atoms with E-state index < -0.39 is 5.97 Å². The maximum Gasteiger partial charge on any atom is 0.306 e. The number of hydrogen-bond donors (Lipinski definition) is 1. The molecule has 0 atom stereocenters. The summed E-state index contributed by atoms with van der Waals surface area (Å²) >= 11 is 0. The van der Waals surface area contributed by atoms with Crippen molar-refractivity contribution in [2.75, 3.05) is 13.1 Å². The van der Waals surface area contributed by atoms with Crippen LogP contribution in [0.15, 0.2) is 0 Å². The molecule has 17 heavy (non-hydrogen) atoms. The lowest BCUT2D eigenvalue weighted by Gasteiger charge is -2.29. The van der Waals surface area contributed by atoms with Crippen molar-refractivity contribution in [1.82, 2.24) is 4.90 Å². The number of carboxylic acid groups (broad SMARTS) is 1. The fraction of sp³-hybridized carbons (Fsp3) is 0.750. The summed E-state index contributed by atoms with van der Waals surface area (Å²) in [6.45, 7) is 0.870. The second-order valence-corrected chi connectivity index (χ2v) is 5.05. The van der Waals surface area contributed by atoms with Gasteiger partial charge in [-0.1, -0.05) is 0 Å². The van der Waals surface area contributed by atoms with Gasteiger partial charge in [0.1, 0.15) is 0 Å². The van der Waals surface area contributed by atoms with E-state index in [1.54, 1.807) is 4.90 Å². The Morgan fingerprint density at radius 1 is 1.24 bits per heavy atom. The molecule has 1 saturated carbocycles. The molecule has 5 heteroatoms. The number of hydrogen-bond acceptors (Lipinski definition) is 3. The van der Waals surface area contributed by atoms with Crippen molar-refractivity contribution in [2.45, 2.75) is 32.1 Å². The number of carbonyl (C=O) groups excluding carboxylic acids is 2. The van der Waals surface area contributed by atoms with Gasteiger partial charge in [-0.15, -0.1) is 0 Å². The first-order chi connectivity index (χ1) is 8.06. The van der Waals surface area contributed by atoms with E-state index in [1.165, 1.54) is 0 Å². The molecule has 1 heterocycles. The zero-order valence-corrected chi connectivity index (χ0v) is 9.72. The molecular formula is C12H17NO4. The number of ketones is 1. The third-order valence-electron chi connectivity index (χ3n) is 3.74. The van der Waals surface area contributed by atoms with Gasteiger partial charge in [-0.2, -0.15) is 0 Å². The van der Waals surface area contributed by atoms with Gasteiger partial charge in [0, 0.05) is 6.54 Å². The van der Waals surface area contributed by atoms with Gasteiger partial charge < -0.3 is 10.0 Å². The largest absolute Gasteiger partial charge is 0.481 e. The minimum absolute atomic E-state index is 0.00535. The Hall–Kier alpha value is -1.39. The Morgan fingerprint density at radius 2 is 1.88 bits per heavy atom. The number of likely N-dealkylation sites (tertiary alicyclic amines) is 1. The van der Waals surface area contributed by atoms with E-state index in [-0.39, 0.29) is 30.6 Å². The average Bonchev–Trinajstić information content (AvgIpc) is 2.58. The van der Waals surface area contributed by atoms with Crippen LogP contribution in [-0.2, 0) is 14.4 Å². The van der Waals surface area contributed by atoms with Gasteiger partial charge in [-0.25, -0.2) is 0 Å². The monoisotopic (exact) mass is 239 g/mol. The highest BCUT2D eigenvalue weighted by atomic mass is 16.4. The predicted octanol–water partition coefficient (Wildman–Crippen LogP) is 0.679. The molecule has 2 rings (SSSR count). The Morgan fingerprint density at radius 3 is 2.35 bits per heavy atom. The van der Waals surface area contributed by atoms with Gasteiger partial charge in [0.15, 0.2) is 5.78 Å². The summed E-state index contributed by atoms with van der Waals surface area (Å²) in [5.74, 6) is -0.650. The van der Waals surface area contributed by atoms with E-state index >= 15 is 0 Å². The van der Waals surface area contributed by atoms with Crippen LogP contribution in [-0.4, -0.2) is 40.8 Å². The smallest absolute Gasteiger partial charge is 0.306 e. The number of carboxylic acids is 1. The Bertz CT molecular complexity index is 344. The summed E-state index contributed by atoms with van der Waals surface area (Å²) in [6, 6.07) is 0. The molecule has 2 aliphatic rings. The fourth-order valence-corrected chi connectivity index (χ4v) is 2.71. The Labute approximate surface area is 99.8 Å². The van der Waals surface area contributed by atoms with Crippen LogP contribution in [0.4, 0.5) is 0 Å². The van der Waals surface area contributed by atoms with Crippen LogP contribution >= 0.6 is 0 Å². The quantitative estimate of drug-likeness (QED) is 0.735. The first-order valence-corrected chi connectivity index (χ1v) is 6.08. The predicted molar refractivity (Wildman–Crippen MR) is 59.3 cm³/mol. The van der Waals surface area contributed by atoms with E-state index in [2.05, 4.69) is 0 Å². The zero-order valence-electron chi connectivity index (χ0n) is 9.72. The molecule has 5 nitrogen and oxygen atoms in total. The lowest BCUT2D eigenvalue weighted by molar-refractivity contribution is -0.143. The molecule has 94 valence electrons. The van der Waals surface area contributed by atoms with Gasteiger partial charge in [0.05, 0.1) is 18.9 Å². The standard InChI is InChI=1S/C12H17NO4/c14-10-5-11(15)13(7-10)6-8-1-3-9(4-2-8)12(16)17/h8-9H,1-7H2,(H,16,17). The summed E-state index contributed by atoms with van der Waals surface area (Å²) in [7, 11) is 0. The van der Waals surface area contributed by atoms with Crippen LogP contribution in [0, 0.1) is 11.8 Å². The number of Topliss-reactive ketones (excluding diaryl/α,β-unsaturated/α-hetero) is 1. The lowest BCUT2D eigenvalue weighted by atomic mass is 9.82. The van der Waals surface area contributed by atoms with Crippen molar-refractivity contribution in [2.24, 2.45) is 11.8 Å². The second kappa shape index (κ2) is 4.85. The van der Waals surface area contributed by atoms with Gasteiger partial charge >= 0.3 is 5.97 Å². The fourth-order valence-electron chi connectivity index (χ4n) is 2.71.